The Morgan fingerprint density at radius 1 is 1.17 bits per heavy atom. The number of rotatable bonds is 4. The van der Waals surface area contributed by atoms with E-state index in [2.05, 4.69) is 26.2 Å². The maximum atomic E-state index is 13.6. The lowest BCUT2D eigenvalue weighted by molar-refractivity contribution is 0.0854. The van der Waals surface area contributed by atoms with Gasteiger partial charge in [-0.2, -0.15) is 0 Å². The van der Waals surface area contributed by atoms with Crippen molar-refractivity contribution in [2.75, 3.05) is 13.2 Å². The Morgan fingerprint density at radius 2 is 2.03 bits per heavy atom. The van der Waals surface area contributed by atoms with E-state index in [1.165, 1.54) is 6.07 Å². The van der Waals surface area contributed by atoms with Gasteiger partial charge in [0, 0.05) is 29.1 Å². The second kappa shape index (κ2) is 8.42. The molecule has 1 N–H and O–H groups in total. The first kappa shape index (κ1) is 19.7. The highest BCUT2D eigenvalue weighted by atomic mass is 79.9. The van der Waals surface area contributed by atoms with Crippen molar-refractivity contribution in [3.05, 3.63) is 69.7 Å². The summed E-state index contributed by atoms with van der Waals surface area (Å²) < 4.78 is 39.0. The molecule has 1 aromatic heterocycles. The topological polar surface area (TPSA) is 63.8 Å². The lowest BCUT2D eigenvalue weighted by Crippen LogP contribution is -2.34. The second-order valence-corrected chi connectivity index (χ2v) is 7.62. The van der Waals surface area contributed by atoms with Gasteiger partial charge in [0.05, 0.1) is 11.8 Å². The van der Waals surface area contributed by atoms with Gasteiger partial charge in [-0.3, -0.25) is 4.79 Å². The molecule has 2 aromatic carbocycles. The zero-order valence-corrected chi connectivity index (χ0v) is 16.8. The molecule has 3 aromatic rings. The van der Waals surface area contributed by atoms with Gasteiger partial charge in [-0.15, -0.1) is 0 Å². The van der Waals surface area contributed by atoms with Crippen LogP contribution >= 0.6 is 15.9 Å². The van der Waals surface area contributed by atoms with Crippen molar-refractivity contribution in [1.29, 1.82) is 0 Å². The fraction of sp³-hybridized carbons (Fsp3) is 0.238. The molecule has 1 atom stereocenters. The van der Waals surface area contributed by atoms with Crippen LogP contribution in [0.3, 0.4) is 0 Å². The molecule has 0 bridgehead atoms. The van der Waals surface area contributed by atoms with Crippen molar-refractivity contribution >= 4 is 38.5 Å². The van der Waals surface area contributed by atoms with E-state index in [9.17, 15) is 13.6 Å². The normalized spacial score (nSPS) is 17.1. The molecule has 29 heavy (non-hydrogen) atoms. The fourth-order valence-corrected chi connectivity index (χ4v) is 3.50. The summed E-state index contributed by atoms with van der Waals surface area (Å²) >= 11 is 3.40. The number of hydrogen-bond acceptors (Lipinski definition) is 4. The van der Waals surface area contributed by atoms with E-state index in [0.717, 1.165) is 29.4 Å². The average molecular weight is 463 g/mol. The summed E-state index contributed by atoms with van der Waals surface area (Å²) in [6.45, 7) is 1.07. The monoisotopic (exact) mass is 462 g/mol. The van der Waals surface area contributed by atoms with Crippen LogP contribution in [0.15, 0.2) is 56.3 Å². The van der Waals surface area contributed by atoms with E-state index in [-0.39, 0.29) is 28.8 Å². The first-order chi connectivity index (χ1) is 14.0. The Balaban J connectivity index is 1.76. The number of amides is 1. The van der Waals surface area contributed by atoms with Crippen LogP contribution in [-0.2, 0) is 4.74 Å². The molecule has 1 aliphatic rings. The van der Waals surface area contributed by atoms with Crippen LogP contribution < -0.4 is 10.9 Å². The number of nitrogens with one attached hydrogen (secondary N) is 1. The van der Waals surface area contributed by atoms with Gasteiger partial charge in [0.25, 0.3) is 5.91 Å². The molecule has 1 aliphatic heterocycles. The molecule has 1 fully saturated rings. The average Bonchev–Trinajstić information content (AvgIpc) is 3.22. The zero-order chi connectivity index (χ0) is 20.4. The third-order valence-corrected chi connectivity index (χ3v) is 5.09. The number of carbonyl (C=O) groups excluding carboxylic acids is 1. The minimum atomic E-state index is -1.03. The van der Waals surface area contributed by atoms with Gasteiger partial charge in [-0.05, 0) is 49.2 Å². The number of hydrogen-bond donors (Lipinski definition) is 1. The van der Waals surface area contributed by atoms with Crippen molar-refractivity contribution in [3.63, 3.8) is 0 Å². The highest BCUT2D eigenvalue weighted by Gasteiger charge is 2.18. The fourth-order valence-electron chi connectivity index (χ4n) is 3.13. The molecule has 1 saturated heterocycles. The van der Waals surface area contributed by atoms with Gasteiger partial charge >= 0.3 is 0 Å². The van der Waals surface area contributed by atoms with Gasteiger partial charge in [0.2, 0.25) is 5.55 Å². The quantitative estimate of drug-likeness (QED) is 0.615. The Kier molecular flexibility index (Phi) is 5.73. The second-order valence-electron chi connectivity index (χ2n) is 6.70. The molecule has 1 amide bonds. The molecule has 0 spiro atoms. The predicted molar refractivity (Wildman–Crippen MR) is 107 cm³/mol. The van der Waals surface area contributed by atoms with Gasteiger partial charge in [0.1, 0.15) is 11.1 Å². The van der Waals surface area contributed by atoms with Crippen LogP contribution in [0.1, 0.15) is 23.2 Å². The molecule has 0 aliphatic carbocycles. The molecule has 2 heterocycles. The van der Waals surface area contributed by atoms with Gasteiger partial charge in [-0.25, -0.2) is 13.8 Å². The molecule has 5 nitrogen and oxygen atoms in total. The smallest absolute Gasteiger partial charge is 0.256 e. The van der Waals surface area contributed by atoms with E-state index >= 15 is 0 Å². The van der Waals surface area contributed by atoms with Crippen molar-refractivity contribution in [1.82, 2.24) is 5.32 Å². The first-order valence-electron chi connectivity index (χ1n) is 9.12. The molecular weight excluding hydrogens is 446 g/mol. The van der Waals surface area contributed by atoms with Crippen LogP contribution in [0, 0.1) is 11.6 Å². The van der Waals surface area contributed by atoms with Gasteiger partial charge in [0.15, 0.2) is 11.6 Å². The van der Waals surface area contributed by atoms with Crippen LogP contribution in [-0.4, -0.2) is 25.2 Å². The molecule has 8 heteroatoms. The molecule has 0 unspecified atom stereocenters. The molecule has 150 valence electrons. The summed E-state index contributed by atoms with van der Waals surface area (Å²) in [4.78, 5) is 17.1. The summed E-state index contributed by atoms with van der Waals surface area (Å²) in [5.41, 5.74) is 0.844. The highest BCUT2D eigenvalue weighted by Crippen LogP contribution is 2.21. The number of benzene rings is 2. The minimum absolute atomic E-state index is 0.00988. The zero-order valence-electron chi connectivity index (χ0n) is 15.3. The molecule has 4 rings (SSSR count). The largest absolute Gasteiger partial charge is 0.438 e. The van der Waals surface area contributed by atoms with Crippen molar-refractivity contribution < 1.29 is 22.7 Å². The summed E-state index contributed by atoms with van der Waals surface area (Å²) in [6.07, 6.45) is 1.84. The maximum Gasteiger partial charge on any atom is 0.256 e. The lowest BCUT2D eigenvalue weighted by Gasteiger charge is -2.11. The molecular formula is C21H17BrF2N2O3. The summed E-state index contributed by atoms with van der Waals surface area (Å²) in [7, 11) is 0. The van der Waals surface area contributed by atoms with Crippen LogP contribution in [0.25, 0.3) is 11.0 Å². The van der Waals surface area contributed by atoms with Gasteiger partial charge < -0.3 is 14.5 Å². The van der Waals surface area contributed by atoms with E-state index in [0.29, 0.717) is 24.1 Å². The van der Waals surface area contributed by atoms with E-state index in [1.807, 2.05) is 6.07 Å². The Morgan fingerprint density at radius 3 is 2.79 bits per heavy atom. The first-order valence-corrected chi connectivity index (χ1v) is 9.92. The van der Waals surface area contributed by atoms with E-state index in [1.54, 1.807) is 18.2 Å². The summed E-state index contributed by atoms with van der Waals surface area (Å²) in [6, 6.07) is 10.2. The minimum Gasteiger partial charge on any atom is -0.438 e. The third kappa shape index (κ3) is 4.54. The summed E-state index contributed by atoms with van der Waals surface area (Å²) in [5.74, 6) is -2.38. The lowest BCUT2D eigenvalue weighted by atomic mass is 10.1. The standard InChI is InChI=1S/C21H17BrF2N2O3/c22-13-3-6-19-12(8-13)9-16(20(27)25-11-15-2-1-7-28-15)21(29-19)26-14-4-5-17(23)18(24)10-14/h3-6,8-10,15H,1-2,7,11H2,(H,25,27)/t15-/m1/s1. The molecule has 0 radical (unpaired) electrons. The van der Waals surface area contributed by atoms with Crippen molar-refractivity contribution in [3.8, 4) is 0 Å². The Labute approximate surface area is 173 Å². The number of halogens is 3. The number of ether oxygens (including phenoxy) is 1. The molecule has 0 saturated carbocycles. The van der Waals surface area contributed by atoms with Crippen LogP contribution in [0.5, 0.6) is 0 Å². The number of fused-ring (bicyclic) bond motifs is 1. The van der Waals surface area contributed by atoms with Crippen LogP contribution in [0.2, 0.25) is 0 Å². The number of nitrogens with zero attached hydrogens (tertiary/aromatic N) is 1. The summed E-state index contributed by atoms with van der Waals surface area (Å²) in [5, 5.41) is 3.54. The van der Waals surface area contributed by atoms with E-state index < -0.39 is 11.6 Å². The van der Waals surface area contributed by atoms with Crippen molar-refractivity contribution in [2.24, 2.45) is 4.99 Å². The Bertz CT molecular complexity index is 1140. The van der Waals surface area contributed by atoms with Crippen molar-refractivity contribution in [2.45, 2.75) is 18.9 Å². The van der Waals surface area contributed by atoms with Crippen LogP contribution in [0.4, 0.5) is 14.5 Å². The Hall–Kier alpha value is -2.58. The number of carbonyl (C=O) groups is 1. The third-order valence-electron chi connectivity index (χ3n) is 4.60. The van der Waals surface area contributed by atoms with Gasteiger partial charge in [-0.1, -0.05) is 15.9 Å². The SMILES string of the molecule is O=C(NC[C@H]1CCCO1)c1cc2cc(Br)ccc2oc1=Nc1ccc(F)c(F)c1. The predicted octanol–water partition coefficient (Wildman–Crippen LogP) is 4.61. The van der Waals surface area contributed by atoms with E-state index in [4.69, 9.17) is 9.15 Å². The maximum absolute atomic E-state index is 13.6. The highest BCUT2D eigenvalue weighted by molar-refractivity contribution is 9.10.